The Morgan fingerprint density at radius 2 is 2.07 bits per heavy atom. The Morgan fingerprint density at radius 1 is 1.30 bits per heavy atom. The van der Waals surface area contributed by atoms with Crippen molar-refractivity contribution in [3.63, 3.8) is 0 Å². The molecule has 0 unspecified atom stereocenters. The largest absolute Gasteiger partial charge is 0.492 e. The predicted molar refractivity (Wildman–Crippen MR) is 116 cm³/mol. The summed E-state index contributed by atoms with van der Waals surface area (Å²) in [5, 5.41) is 3.24. The molecule has 0 bridgehead atoms. The second kappa shape index (κ2) is 7.15. The van der Waals surface area contributed by atoms with Crippen LogP contribution in [0.2, 0.25) is 0 Å². The van der Waals surface area contributed by atoms with E-state index in [0.29, 0.717) is 54.9 Å². The van der Waals surface area contributed by atoms with Gasteiger partial charge in [0.1, 0.15) is 16.3 Å². The zero-order valence-corrected chi connectivity index (χ0v) is 17.3. The first kappa shape index (κ1) is 18.6. The Labute approximate surface area is 178 Å². The highest BCUT2D eigenvalue weighted by Gasteiger charge is 2.22. The molecule has 10 heteroatoms. The van der Waals surface area contributed by atoms with E-state index >= 15 is 0 Å². The van der Waals surface area contributed by atoms with Crippen LogP contribution in [0.1, 0.15) is 16.6 Å². The van der Waals surface area contributed by atoms with Crippen molar-refractivity contribution in [2.75, 3.05) is 18.7 Å². The first-order valence-corrected chi connectivity index (χ1v) is 10.3. The Balaban J connectivity index is 1.65. The molecule has 2 aromatic heterocycles. The van der Waals surface area contributed by atoms with E-state index in [4.69, 9.17) is 26.4 Å². The lowest BCUT2D eigenvalue weighted by Crippen LogP contribution is -2.15. The van der Waals surface area contributed by atoms with Crippen LogP contribution < -0.4 is 25.1 Å². The Morgan fingerprint density at radius 3 is 2.87 bits per heavy atom. The molecular formula is C20H15N3O5S2. The van der Waals surface area contributed by atoms with Crippen LogP contribution in [0.5, 0.6) is 17.2 Å². The number of aromatic nitrogens is 2. The second-order valence-corrected chi connectivity index (χ2v) is 8.09. The Bertz CT molecular complexity index is 1440. The number of fused-ring (bicyclic) bond motifs is 4. The number of carbonyl (C=O) groups is 1. The third kappa shape index (κ3) is 2.92. The summed E-state index contributed by atoms with van der Waals surface area (Å²) >= 11 is 6.62. The average Bonchev–Trinajstić information content (AvgIpc) is 3.32. The van der Waals surface area contributed by atoms with Crippen LogP contribution in [-0.2, 0) is 0 Å². The molecule has 3 heterocycles. The van der Waals surface area contributed by atoms with Gasteiger partial charge >= 0.3 is 0 Å². The fourth-order valence-corrected chi connectivity index (χ4v) is 4.64. The highest BCUT2D eigenvalue weighted by Crippen LogP contribution is 2.36. The number of ether oxygens (including phenoxy) is 3. The van der Waals surface area contributed by atoms with Crippen molar-refractivity contribution >= 4 is 51.7 Å². The minimum absolute atomic E-state index is 0.0919. The van der Waals surface area contributed by atoms with Crippen LogP contribution in [0.15, 0.2) is 41.2 Å². The number of para-hydroxylation sites is 2. The number of carbonyl (C=O) groups excluding carboxylic acids is 1. The first-order chi connectivity index (χ1) is 14.6. The van der Waals surface area contributed by atoms with Gasteiger partial charge in [0, 0.05) is 6.07 Å². The fraction of sp³-hybridized carbons (Fsp3) is 0.150. The molecule has 5 rings (SSSR count). The number of hydrogen-bond acceptors (Lipinski definition) is 7. The first-order valence-electron chi connectivity index (χ1n) is 9.11. The third-order valence-electron chi connectivity index (χ3n) is 4.66. The van der Waals surface area contributed by atoms with Crippen LogP contribution in [0, 0.1) is 3.95 Å². The number of hydrogen-bond donors (Lipinski definition) is 2. The summed E-state index contributed by atoms with van der Waals surface area (Å²) < 4.78 is 18.5. The van der Waals surface area contributed by atoms with Gasteiger partial charge in [-0.3, -0.25) is 14.0 Å². The van der Waals surface area contributed by atoms with E-state index in [1.165, 1.54) is 0 Å². The van der Waals surface area contributed by atoms with Crippen LogP contribution >= 0.6 is 23.6 Å². The number of rotatable bonds is 4. The Kier molecular flexibility index (Phi) is 4.44. The van der Waals surface area contributed by atoms with Gasteiger partial charge in [-0.25, -0.2) is 0 Å². The van der Waals surface area contributed by atoms with Crippen LogP contribution in [-0.4, -0.2) is 28.7 Å². The van der Waals surface area contributed by atoms with Gasteiger partial charge in [-0.1, -0.05) is 23.5 Å². The zero-order chi connectivity index (χ0) is 20.8. The molecule has 152 valence electrons. The van der Waals surface area contributed by atoms with Gasteiger partial charge in [-0.05, 0) is 37.3 Å². The predicted octanol–water partition coefficient (Wildman–Crippen LogP) is 3.95. The summed E-state index contributed by atoms with van der Waals surface area (Å²) in [5.41, 5.74) is 1.06. The van der Waals surface area contributed by atoms with Gasteiger partial charge < -0.3 is 24.5 Å². The summed E-state index contributed by atoms with van der Waals surface area (Å²) in [6.45, 7) is 2.43. The smallest absolute Gasteiger partial charge is 0.269 e. The van der Waals surface area contributed by atoms with Gasteiger partial charge in [0.25, 0.3) is 11.5 Å². The minimum atomic E-state index is -0.392. The van der Waals surface area contributed by atoms with Crippen molar-refractivity contribution in [3.8, 4) is 17.2 Å². The number of benzene rings is 2. The highest BCUT2D eigenvalue weighted by atomic mass is 32.1. The Hall–Kier alpha value is -3.37. The van der Waals surface area contributed by atoms with Crippen molar-refractivity contribution in [2.24, 2.45) is 0 Å². The van der Waals surface area contributed by atoms with Gasteiger partial charge in [-0.2, -0.15) is 0 Å². The summed E-state index contributed by atoms with van der Waals surface area (Å²) in [4.78, 5) is 28.9. The molecule has 4 aromatic rings. The van der Waals surface area contributed by atoms with E-state index in [1.807, 2.05) is 13.0 Å². The van der Waals surface area contributed by atoms with Crippen LogP contribution in [0.3, 0.4) is 0 Å². The SMILES string of the molecule is CCOc1ccccc1NC(=O)c1sc(=S)n2c1[nH]c(=O)c1cc3c(cc12)OCO3. The lowest BCUT2D eigenvalue weighted by molar-refractivity contribution is 0.103. The van der Waals surface area contributed by atoms with Crippen molar-refractivity contribution in [1.29, 1.82) is 0 Å². The molecule has 0 saturated carbocycles. The van der Waals surface area contributed by atoms with Crippen molar-refractivity contribution in [3.05, 3.63) is 55.6 Å². The van der Waals surface area contributed by atoms with Crippen molar-refractivity contribution in [1.82, 2.24) is 9.38 Å². The third-order valence-corrected chi connectivity index (χ3v) is 6.03. The summed E-state index contributed by atoms with van der Waals surface area (Å²) in [5.74, 6) is 1.20. The maximum absolute atomic E-state index is 13.0. The second-order valence-electron chi connectivity index (χ2n) is 6.44. The molecule has 30 heavy (non-hydrogen) atoms. The highest BCUT2D eigenvalue weighted by molar-refractivity contribution is 7.73. The molecule has 0 atom stereocenters. The van der Waals surface area contributed by atoms with E-state index in [-0.39, 0.29) is 12.4 Å². The van der Waals surface area contributed by atoms with Gasteiger partial charge in [0.05, 0.1) is 23.2 Å². The quantitative estimate of drug-likeness (QED) is 0.466. The van der Waals surface area contributed by atoms with E-state index in [0.717, 1.165) is 11.3 Å². The van der Waals surface area contributed by atoms with Crippen LogP contribution in [0.25, 0.3) is 16.6 Å². The van der Waals surface area contributed by atoms with E-state index in [2.05, 4.69) is 10.3 Å². The molecule has 0 aliphatic carbocycles. The molecule has 8 nitrogen and oxygen atoms in total. The van der Waals surface area contributed by atoms with E-state index in [1.54, 1.807) is 34.7 Å². The molecule has 1 aliphatic rings. The molecule has 0 saturated heterocycles. The average molecular weight is 441 g/mol. The number of aromatic amines is 1. The normalized spacial score (nSPS) is 12.4. The van der Waals surface area contributed by atoms with Gasteiger partial charge in [-0.15, -0.1) is 0 Å². The van der Waals surface area contributed by atoms with Gasteiger partial charge in [0.2, 0.25) is 6.79 Å². The molecule has 2 N–H and O–H groups in total. The van der Waals surface area contributed by atoms with Crippen molar-refractivity contribution in [2.45, 2.75) is 6.92 Å². The van der Waals surface area contributed by atoms with Crippen LogP contribution in [0.4, 0.5) is 5.69 Å². The van der Waals surface area contributed by atoms with E-state index in [9.17, 15) is 9.59 Å². The molecule has 1 aliphatic heterocycles. The topological polar surface area (TPSA) is 94.1 Å². The number of nitrogens with one attached hydrogen (secondary N) is 2. The number of H-pyrrole nitrogens is 1. The number of amides is 1. The summed E-state index contributed by atoms with van der Waals surface area (Å²) in [6, 6.07) is 10.5. The fourth-order valence-electron chi connectivity index (χ4n) is 3.36. The number of anilines is 1. The van der Waals surface area contributed by atoms with Gasteiger partial charge in [0.15, 0.2) is 15.5 Å². The molecular weight excluding hydrogens is 426 g/mol. The van der Waals surface area contributed by atoms with Crippen molar-refractivity contribution < 1.29 is 19.0 Å². The maximum Gasteiger partial charge on any atom is 0.269 e. The van der Waals surface area contributed by atoms with E-state index < -0.39 is 5.91 Å². The molecule has 0 spiro atoms. The molecule has 0 fully saturated rings. The monoisotopic (exact) mass is 441 g/mol. The molecule has 0 radical (unpaired) electrons. The lowest BCUT2D eigenvalue weighted by Gasteiger charge is -2.10. The molecule has 2 aromatic carbocycles. The summed E-state index contributed by atoms with van der Waals surface area (Å²) in [7, 11) is 0. The lowest BCUT2D eigenvalue weighted by atomic mass is 10.2. The maximum atomic E-state index is 13.0. The molecule has 1 amide bonds. The standard InChI is InChI=1S/C20H15N3O5S2/c1-2-26-13-6-4-3-5-11(13)21-19(25)16-17-22-18(24)10-7-14-15(28-9-27-14)8-12(10)23(17)20(29)30-16/h3-8H,2,9H2,1H3,(H,21,25)(H,22,24). The number of thiazole rings is 1. The minimum Gasteiger partial charge on any atom is -0.492 e. The summed E-state index contributed by atoms with van der Waals surface area (Å²) in [6.07, 6.45) is 0. The zero-order valence-electron chi connectivity index (χ0n) is 15.7. The number of nitrogens with zero attached hydrogens (tertiary/aromatic N) is 1.